The van der Waals surface area contributed by atoms with Gasteiger partial charge in [0.05, 0.1) is 0 Å². The lowest BCUT2D eigenvalue weighted by atomic mass is 10.2. The molecule has 1 aliphatic heterocycles. The summed E-state index contributed by atoms with van der Waals surface area (Å²) < 4.78 is 1.67. The fourth-order valence-corrected chi connectivity index (χ4v) is 4.55. The summed E-state index contributed by atoms with van der Waals surface area (Å²) in [6, 6.07) is 8.71. The molecule has 1 aromatic heterocycles. The molecule has 0 radical (unpaired) electrons. The molecule has 1 saturated heterocycles. The quantitative estimate of drug-likeness (QED) is 0.541. The van der Waals surface area contributed by atoms with Gasteiger partial charge in [-0.1, -0.05) is 0 Å². The second kappa shape index (κ2) is 10.7. The number of nitrogens with one attached hydrogen (secondary N) is 2. The Morgan fingerprint density at radius 1 is 1.22 bits per heavy atom. The van der Waals surface area contributed by atoms with Crippen LogP contribution in [0.25, 0.3) is 11.8 Å². The molecule has 32 heavy (non-hydrogen) atoms. The molecule has 2 aromatic rings. The largest absolute Gasteiger partial charge is 0.477 e. The first-order chi connectivity index (χ1) is 15.4. The molecule has 0 atom stereocenters. The van der Waals surface area contributed by atoms with E-state index in [1.54, 1.807) is 37.3 Å². The van der Waals surface area contributed by atoms with Gasteiger partial charge in [-0.05, 0) is 57.1 Å². The van der Waals surface area contributed by atoms with E-state index in [-0.39, 0.29) is 27.2 Å². The maximum absolute atomic E-state index is 12.6. The van der Waals surface area contributed by atoms with Crippen molar-refractivity contribution >= 4 is 46.4 Å². The number of nitrogens with zero attached hydrogens (tertiary/aromatic N) is 3. The number of thiazole rings is 1. The van der Waals surface area contributed by atoms with Crippen molar-refractivity contribution in [1.29, 1.82) is 5.26 Å². The SMILES string of the molecule is CCn1c(=O)/c(=C\Nc2ccc(NC(=O)CCN3CCCC3)cc2)s/c1=C(/C#N)C(=O)O. The van der Waals surface area contributed by atoms with Crippen LogP contribution in [0, 0.1) is 11.3 Å². The second-order valence-corrected chi connectivity index (χ2v) is 8.36. The van der Waals surface area contributed by atoms with E-state index in [2.05, 4.69) is 15.5 Å². The molecular weight excluding hydrogens is 430 g/mol. The molecule has 2 heterocycles. The minimum Gasteiger partial charge on any atom is -0.477 e. The smallest absolute Gasteiger partial charge is 0.349 e. The lowest BCUT2D eigenvalue weighted by Gasteiger charge is -2.14. The van der Waals surface area contributed by atoms with Gasteiger partial charge in [0.15, 0.2) is 5.57 Å². The van der Waals surface area contributed by atoms with Gasteiger partial charge < -0.3 is 20.6 Å². The summed E-state index contributed by atoms with van der Waals surface area (Å²) in [5.74, 6) is -1.40. The second-order valence-electron chi connectivity index (χ2n) is 7.33. The lowest BCUT2D eigenvalue weighted by Crippen LogP contribution is -2.32. The summed E-state index contributed by atoms with van der Waals surface area (Å²) in [5, 5.41) is 24.2. The molecule has 1 fully saturated rings. The van der Waals surface area contributed by atoms with Gasteiger partial charge in [0.1, 0.15) is 15.3 Å². The van der Waals surface area contributed by atoms with E-state index in [9.17, 15) is 19.5 Å². The van der Waals surface area contributed by atoms with Crippen molar-refractivity contribution in [1.82, 2.24) is 9.47 Å². The number of anilines is 2. The van der Waals surface area contributed by atoms with E-state index >= 15 is 0 Å². The Kier molecular flexibility index (Phi) is 7.81. The number of nitriles is 1. The van der Waals surface area contributed by atoms with Gasteiger partial charge in [-0.3, -0.25) is 14.2 Å². The monoisotopic (exact) mass is 455 g/mol. The number of carboxylic acids is 1. The number of rotatable bonds is 8. The summed E-state index contributed by atoms with van der Waals surface area (Å²) in [4.78, 5) is 38.3. The van der Waals surface area contributed by atoms with Crippen LogP contribution in [0.4, 0.5) is 11.4 Å². The average molecular weight is 456 g/mol. The average Bonchev–Trinajstić information content (AvgIpc) is 3.40. The highest BCUT2D eigenvalue weighted by Crippen LogP contribution is 2.14. The van der Waals surface area contributed by atoms with Gasteiger partial charge in [0, 0.05) is 37.1 Å². The van der Waals surface area contributed by atoms with Gasteiger partial charge in [0.25, 0.3) is 5.56 Å². The van der Waals surface area contributed by atoms with E-state index in [0.29, 0.717) is 17.8 Å². The highest BCUT2D eigenvalue weighted by molar-refractivity contribution is 7.07. The number of aromatic nitrogens is 1. The Morgan fingerprint density at radius 2 is 1.88 bits per heavy atom. The molecule has 9 nitrogen and oxygen atoms in total. The van der Waals surface area contributed by atoms with E-state index in [1.807, 2.05) is 0 Å². The number of amides is 1. The van der Waals surface area contributed by atoms with Crippen LogP contribution in [0.5, 0.6) is 0 Å². The number of aliphatic carboxylic acids is 1. The van der Waals surface area contributed by atoms with Crippen molar-refractivity contribution < 1.29 is 14.7 Å². The first-order valence-electron chi connectivity index (χ1n) is 10.4. The summed E-state index contributed by atoms with van der Waals surface area (Å²) in [5.41, 5.74) is 0.554. The molecule has 10 heteroatoms. The predicted molar refractivity (Wildman–Crippen MR) is 124 cm³/mol. The van der Waals surface area contributed by atoms with Gasteiger partial charge in [-0.15, -0.1) is 11.3 Å². The van der Waals surface area contributed by atoms with Crippen molar-refractivity contribution in [2.24, 2.45) is 0 Å². The van der Waals surface area contributed by atoms with E-state index in [0.717, 1.165) is 31.0 Å². The molecule has 1 aliphatic rings. The van der Waals surface area contributed by atoms with Crippen molar-refractivity contribution in [3.05, 3.63) is 43.8 Å². The van der Waals surface area contributed by atoms with Crippen LogP contribution in [-0.4, -0.2) is 46.1 Å². The number of hydrogen-bond acceptors (Lipinski definition) is 7. The minimum absolute atomic E-state index is 0.0293. The van der Waals surface area contributed by atoms with Crippen LogP contribution in [0.2, 0.25) is 0 Å². The van der Waals surface area contributed by atoms with Gasteiger partial charge in [-0.2, -0.15) is 5.26 Å². The maximum atomic E-state index is 12.6. The van der Waals surface area contributed by atoms with E-state index in [1.165, 1.54) is 23.6 Å². The molecule has 0 spiro atoms. The van der Waals surface area contributed by atoms with Gasteiger partial charge >= 0.3 is 5.97 Å². The molecular formula is C22H25N5O4S. The standard InChI is InChI=1S/C22H25N5O4S/c1-2-27-20(29)18(32-21(27)17(13-23)22(30)31)14-24-15-5-7-16(8-6-15)25-19(28)9-12-26-10-3-4-11-26/h5-8,14,24H,2-4,9-12H2,1H3,(H,25,28)(H,30,31)/b18-14+,21-17-. The Balaban J connectivity index is 1.69. The molecule has 168 valence electrons. The maximum Gasteiger partial charge on any atom is 0.349 e. The zero-order valence-electron chi connectivity index (χ0n) is 17.8. The Labute approximate surface area is 188 Å². The molecule has 3 rings (SSSR count). The number of carbonyl (C=O) groups excluding carboxylic acids is 1. The normalized spacial score (nSPS) is 15.3. The minimum atomic E-state index is -1.37. The topological polar surface area (TPSA) is 127 Å². The third-order valence-electron chi connectivity index (χ3n) is 5.16. The Bertz CT molecular complexity index is 1200. The van der Waals surface area contributed by atoms with Crippen molar-refractivity contribution in [3.8, 4) is 6.07 Å². The molecule has 0 unspecified atom stereocenters. The Morgan fingerprint density at radius 3 is 2.47 bits per heavy atom. The third-order valence-corrected chi connectivity index (χ3v) is 6.29. The zero-order valence-corrected chi connectivity index (χ0v) is 18.6. The van der Waals surface area contributed by atoms with Crippen molar-refractivity contribution in [3.63, 3.8) is 0 Å². The lowest BCUT2D eigenvalue weighted by molar-refractivity contribution is -0.130. The summed E-state index contributed by atoms with van der Waals surface area (Å²) in [6.07, 6.45) is 4.34. The number of benzene rings is 1. The highest BCUT2D eigenvalue weighted by atomic mass is 32.1. The summed E-state index contributed by atoms with van der Waals surface area (Å²) in [6.45, 7) is 4.86. The molecule has 3 N–H and O–H groups in total. The molecule has 0 bridgehead atoms. The summed E-state index contributed by atoms with van der Waals surface area (Å²) >= 11 is 0.949. The van der Waals surface area contributed by atoms with Crippen LogP contribution >= 0.6 is 11.3 Å². The Hall–Kier alpha value is -3.42. The van der Waals surface area contributed by atoms with Gasteiger partial charge in [-0.25, -0.2) is 4.79 Å². The predicted octanol–water partition coefficient (Wildman–Crippen LogP) is 0.963. The fourth-order valence-electron chi connectivity index (χ4n) is 3.47. The van der Waals surface area contributed by atoms with Crippen LogP contribution in [-0.2, 0) is 16.1 Å². The van der Waals surface area contributed by atoms with Gasteiger partial charge in [0.2, 0.25) is 5.91 Å². The third kappa shape index (κ3) is 5.63. The molecule has 1 aromatic carbocycles. The molecule has 1 amide bonds. The van der Waals surface area contributed by atoms with Crippen LogP contribution in [0.3, 0.4) is 0 Å². The van der Waals surface area contributed by atoms with E-state index in [4.69, 9.17) is 5.26 Å². The number of carbonyl (C=O) groups is 2. The van der Waals surface area contributed by atoms with Crippen LogP contribution in [0.1, 0.15) is 26.2 Å². The van der Waals surface area contributed by atoms with Crippen molar-refractivity contribution in [2.45, 2.75) is 32.7 Å². The van der Waals surface area contributed by atoms with Crippen LogP contribution in [0.15, 0.2) is 29.1 Å². The number of carboxylic acid groups (broad SMARTS) is 1. The fraction of sp³-hybridized carbons (Fsp3) is 0.364. The number of likely N-dealkylation sites (tertiary alicyclic amines) is 1. The summed E-state index contributed by atoms with van der Waals surface area (Å²) in [7, 11) is 0. The molecule has 0 aliphatic carbocycles. The number of hydrogen-bond donors (Lipinski definition) is 3. The first kappa shape index (κ1) is 23.2. The first-order valence-corrected chi connectivity index (χ1v) is 11.2. The van der Waals surface area contributed by atoms with Crippen molar-refractivity contribution in [2.75, 3.05) is 30.3 Å². The molecule has 0 saturated carbocycles. The van der Waals surface area contributed by atoms with Crippen LogP contribution < -0.4 is 25.4 Å². The zero-order chi connectivity index (χ0) is 23.1. The highest BCUT2D eigenvalue weighted by Gasteiger charge is 2.14. The van der Waals surface area contributed by atoms with E-state index < -0.39 is 11.5 Å².